The van der Waals surface area contributed by atoms with Crippen molar-refractivity contribution in [3.05, 3.63) is 35.4 Å². The molecular weight excluding hydrogens is 186 g/mol. The smallest absolute Gasteiger partial charge is 0.0512 e. The third-order valence-electron chi connectivity index (χ3n) is 3.28. The molecule has 2 N–H and O–H groups in total. The van der Waals surface area contributed by atoms with Crippen LogP contribution in [-0.2, 0) is 11.2 Å². The van der Waals surface area contributed by atoms with Gasteiger partial charge in [-0.15, -0.1) is 0 Å². The molecule has 2 nitrogen and oxygen atoms in total. The van der Waals surface area contributed by atoms with Gasteiger partial charge in [0, 0.05) is 18.6 Å². The summed E-state index contributed by atoms with van der Waals surface area (Å²) in [4.78, 5) is 0. The number of hydrogen-bond donors (Lipinski definition) is 1. The topological polar surface area (TPSA) is 35.2 Å². The van der Waals surface area contributed by atoms with Crippen LogP contribution in [0.4, 0.5) is 0 Å². The first kappa shape index (κ1) is 10.7. The summed E-state index contributed by atoms with van der Waals surface area (Å²) in [6.45, 7) is 3.80. The second kappa shape index (κ2) is 4.77. The van der Waals surface area contributed by atoms with Crippen molar-refractivity contribution < 1.29 is 4.74 Å². The Balaban J connectivity index is 2.04. The Morgan fingerprint density at radius 2 is 2.20 bits per heavy atom. The lowest BCUT2D eigenvalue weighted by Crippen LogP contribution is -2.39. The molecule has 2 heteroatoms. The predicted octanol–water partition coefficient (Wildman–Crippen LogP) is 1.90. The second-order valence-electron chi connectivity index (χ2n) is 4.42. The van der Waals surface area contributed by atoms with Gasteiger partial charge in [0.05, 0.1) is 6.61 Å². The molecule has 1 aromatic carbocycles. The zero-order valence-electron chi connectivity index (χ0n) is 9.28. The van der Waals surface area contributed by atoms with E-state index in [0.29, 0.717) is 12.0 Å². The molecule has 82 valence electrons. The zero-order valence-corrected chi connectivity index (χ0v) is 9.28. The van der Waals surface area contributed by atoms with Gasteiger partial charge in [0.15, 0.2) is 0 Å². The molecule has 15 heavy (non-hydrogen) atoms. The van der Waals surface area contributed by atoms with Gasteiger partial charge in [-0.2, -0.15) is 0 Å². The van der Waals surface area contributed by atoms with E-state index in [0.717, 1.165) is 26.1 Å². The van der Waals surface area contributed by atoms with Crippen LogP contribution >= 0.6 is 0 Å². The third kappa shape index (κ3) is 2.58. The van der Waals surface area contributed by atoms with Crippen LogP contribution in [0.3, 0.4) is 0 Å². The predicted molar refractivity (Wildman–Crippen MR) is 61.8 cm³/mol. The van der Waals surface area contributed by atoms with Gasteiger partial charge in [-0.1, -0.05) is 24.3 Å². The Labute approximate surface area is 91.4 Å². The van der Waals surface area contributed by atoms with E-state index in [-0.39, 0.29) is 0 Å². The average Bonchev–Trinajstić information content (AvgIpc) is 2.24. The summed E-state index contributed by atoms with van der Waals surface area (Å²) in [6.07, 6.45) is 2.05. The van der Waals surface area contributed by atoms with Crippen LogP contribution in [0, 0.1) is 12.8 Å². The van der Waals surface area contributed by atoms with Crippen LogP contribution in [-0.4, -0.2) is 19.3 Å². The van der Waals surface area contributed by atoms with Crippen LogP contribution in [0.5, 0.6) is 0 Å². The fraction of sp³-hybridized carbons (Fsp3) is 0.538. The van der Waals surface area contributed by atoms with Crippen LogP contribution < -0.4 is 5.73 Å². The fourth-order valence-corrected chi connectivity index (χ4v) is 2.15. The number of ether oxygens (including phenoxy) is 1. The van der Waals surface area contributed by atoms with Gasteiger partial charge >= 0.3 is 0 Å². The zero-order chi connectivity index (χ0) is 10.7. The summed E-state index contributed by atoms with van der Waals surface area (Å²) in [5, 5.41) is 0. The fourth-order valence-electron chi connectivity index (χ4n) is 2.15. The van der Waals surface area contributed by atoms with Crippen LogP contribution in [0.2, 0.25) is 0 Å². The molecule has 0 unspecified atom stereocenters. The first-order valence-electron chi connectivity index (χ1n) is 5.65. The highest BCUT2D eigenvalue weighted by atomic mass is 16.5. The maximum atomic E-state index is 6.10. The van der Waals surface area contributed by atoms with E-state index in [9.17, 15) is 0 Å². The molecule has 0 aliphatic carbocycles. The Hall–Kier alpha value is -0.860. The van der Waals surface area contributed by atoms with Crippen molar-refractivity contribution in [2.75, 3.05) is 13.2 Å². The third-order valence-corrected chi connectivity index (χ3v) is 3.28. The van der Waals surface area contributed by atoms with Gasteiger partial charge in [0.2, 0.25) is 0 Å². The normalized spacial score (nSPS) is 26.5. The molecule has 2 rings (SSSR count). The van der Waals surface area contributed by atoms with Crippen LogP contribution in [0.15, 0.2) is 24.3 Å². The first-order chi connectivity index (χ1) is 7.27. The number of rotatable bonds is 2. The highest BCUT2D eigenvalue weighted by molar-refractivity contribution is 5.26. The molecule has 0 radical (unpaired) electrons. The number of hydrogen-bond acceptors (Lipinski definition) is 2. The van der Waals surface area contributed by atoms with E-state index >= 15 is 0 Å². The summed E-state index contributed by atoms with van der Waals surface area (Å²) in [6, 6.07) is 8.83. The second-order valence-corrected chi connectivity index (χ2v) is 4.42. The van der Waals surface area contributed by atoms with E-state index in [1.165, 1.54) is 11.1 Å². The number of nitrogens with two attached hydrogens (primary N) is 1. The molecule has 1 aliphatic heterocycles. The van der Waals surface area contributed by atoms with E-state index in [1.807, 2.05) is 0 Å². The van der Waals surface area contributed by atoms with E-state index in [4.69, 9.17) is 10.5 Å². The van der Waals surface area contributed by atoms with Crippen LogP contribution in [0.1, 0.15) is 17.5 Å². The molecule has 1 aromatic rings. The maximum absolute atomic E-state index is 6.10. The molecule has 0 amide bonds. The lowest BCUT2D eigenvalue weighted by molar-refractivity contribution is 0.0422. The van der Waals surface area contributed by atoms with Crippen molar-refractivity contribution in [3.63, 3.8) is 0 Å². The maximum Gasteiger partial charge on any atom is 0.0512 e. The quantitative estimate of drug-likeness (QED) is 0.800. The summed E-state index contributed by atoms with van der Waals surface area (Å²) >= 11 is 0. The summed E-state index contributed by atoms with van der Waals surface area (Å²) in [5.41, 5.74) is 8.86. The molecule has 0 spiro atoms. The molecule has 1 aliphatic rings. The SMILES string of the molecule is Cc1ccccc1C[C@H]1COCC[C@H]1N. The molecule has 0 aromatic heterocycles. The lowest BCUT2D eigenvalue weighted by Gasteiger charge is -2.29. The van der Waals surface area contributed by atoms with Gasteiger partial charge in [-0.05, 0) is 30.9 Å². The highest BCUT2D eigenvalue weighted by Crippen LogP contribution is 2.20. The van der Waals surface area contributed by atoms with Crippen molar-refractivity contribution in [2.45, 2.75) is 25.8 Å². The summed E-state index contributed by atoms with van der Waals surface area (Å²) < 4.78 is 5.48. The number of aryl methyl sites for hydroxylation is 1. The van der Waals surface area contributed by atoms with Gasteiger partial charge in [0.1, 0.15) is 0 Å². The standard InChI is InChI=1S/C13H19NO/c1-10-4-2-3-5-11(10)8-12-9-15-7-6-13(12)14/h2-5,12-13H,6-9,14H2,1H3/t12-,13+/m0/s1. The van der Waals surface area contributed by atoms with Crippen LogP contribution in [0.25, 0.3) is 0 Å². The lowest BCUT2D eigenvalue weighted by atomic mass is 9.89. The molecule has 1 heterocycles. The molecular formula is C13H19NO. The van der Waals surface area contributed by atoms with Crippen molar-refractivity contribution in [1.29, 1.82) is 0 Å². The number of benzene rings is 1. The molecule has 2 atom stereocenters. The molecule has 0 bridgehead atoms. The van der Waals surface area contributed by atoms with Gasteiger partial charge in [-0.25, -0.2) is 0 Å². The van der Waals surface area contributed by atoms with Gasteiger partial charge in [-0.3, -0.25) is 0 Å². The van der Waals surface area contributed by atoms with Crippen molar-refractivity contribution in [1.82, 2.24) is 0 Å². The minimum Gasteiger partial charge on any atom is -0.381 e. The van der Waals surface area contributed by atoms with E-state index < -0.39 is 0 Å². The summed E-state index contributed by atoms with van der Waals surface area (Å²) in [7, 11) is 0. The largest absolute Gasteiger partial charge is 0.381 e. The average molecular weight is 205 g/mol. The van der Waals surface area contributed by atoms with E-state index in [1.54, 1.807) is 0 Å². The minimum atomic E-state index is 0.304. The molecule has 1 saturated heterocycles. The molecule has 0 saturated carbocycles. The van der Waals surface area contributed by atoms with Crippen molar-refractivity contribution in [2.24, 2.45) is 11.7 Å². The van der Waals surface area contributed by atoms with E-state index in [2.05, 4.69) is 31.2 Å². The Morgan fingerprint density at radius 1 is 1.40 bits per heavy atom. The van der Waals surface area contributed by atoms with Gasteiger partial charge in [0.25, 0.3) is 0 Å². The monoisotopic (exact) mass is 205 g/mol. The first-order valence-corrected chi connectivity index (χ1v) is 5.65. The minimum absolute atomic E-state index is 0.304. The van der Waals surface area contributed by atoms with Crippen molar-refractivity contribution in [3.8, 4) is 0 Å². The highest BCUT2D eigenvalue weighted by Gasteiger charge is 2.22. The Morgan fingerprint density at radius 3 is 2.93 bits per heavy atom. The summed E-state index contributed by atoms with van der Waals surface area (Å²) in [5.74, 6) is 0.486. The molecule has 1 fully saturated rings. The Bertz CT molecular complexity index is 324. The van der Waals surface area contributed by atoms with Crippen molar-refractivity contribution >= 4 is 0 Å². The van der Waals surface area contributed by atoms with Gasteiger partial charge < -0.3 is 10.5 Å². The Kier molecular flexibility index (Phi) is 3.39.